The lowest BCUT2D eigenvalue weighted by Gasteiger charge is -2.15. The Labute approximate surface area is 193 Å². The highest BCUT2D eigenvalue weighted by Crippen LogP contribution is 2.38. The fourth-order valence-electron chi connectivity index (χ4n) is 3.78. The van der Waals surface area contributed by atoms with Gasteiger partial charge in [-0.05, 0) is 53.1 Å². The number of halogens is 4. The van der Waals surface area contributed by atoms with Crippen molar-refractivity contribution in [3.63, 3.8) is 0 Å². The molecule has 0 bridgehead atoms. The first-order chi connectivity index (χ1) is 15.9. The minimum atomic E-state index is -4.75. The van der Waals surface area contributed by atoms with Crippen LogP contribution in [-0.4, -0.2) is 26.6 Å². The number of benzene rings is 3. The summed E-state index contributed by atoms with van der Waals surface area (Å²) in [4.78, 5) is 12.8. The van der Waals surface area contributed by atoms with Crippen LogP contribution in [0.2, 0.25) is 0 Å². The molecule has 4 rings (SSSR count). The van der Waals surface area contributed by atoms with Crippen LogP contribution in [0.15, 0.2) is 60.7 Å². The van der Waals surface area contributed by atoms with Crippen molar-refractivity contribution in [3.8, 4) is 11.1 Å². The Morgan fingerprint density at radius 1 is 1.03 bits per heavy atom. The molecule has 1 aliphatic rings. The lowest BCUT2D eigenvalue weighted by Crippen LogP contribution is -2.32. The number of fused-ring (bicyclic) bond motifs is 1. The number of hydrogen-bond donors (Lipinski definition) is 3. The molecule has 0 spiro atoms. The van der Waals surface area contributed by atoms with Crippen molar-refractivity contribution in [1.29, 1.82) is 0 Å². The number of nitrogens with one attached hydrogen (secondary N) is 3. The summed E-state index contributed by atoms with van der Waals surface area (Å²) in [7, 11) is -3.46. The summed E-state index contributed by atoms with van der Waals surface area (Å²) in [6.07, 6.45) is -3.38. The predicted molar refractivity (Wildman–Crippen MR) is 121 cm³/mol. The third kappa shape index (κ3) is 5.30. The van der Waals surface area contributed by atoms with Crippen molar-refractivity contribution in [3.05, 3.63) is 77.6 Å². The summed E-state index contributed by atoms with van der Waals surface area (Å²) in [6.45, 7) is 0. The number of amides is 1. The highest BCUT2D eigenvalue weighted by atomic mass is 32.2. The van der Waals surface area contributed by atoms with E-state index in [1.807, 2.05) is 0 Å². The standard InChI is InChI=1S/C23H19F4N3O3S/c1-34(32,33)30-17-7-5-14-10-21(29-20(14)12-17)22(31)28-16-4-2-3-13(9-16)18-8-6-15(24)11-19(18)23(25,26)27/h2-9,11-12,21,29-30H,10H2,1H3,(H,28,31). The largest absolute Gasteiger partial charge is 0.417 e. The van der Waals surface area contributed by atoms with E-state index >= 15 is 0 Å². The molecule has 178 valence electrons. The number of rotatable bonds is 5. The first-order valence-corrected chi connectivity index (χ1v) is 11.9. The van der Waals surface area contributed by atoms with Gasteiger partial charge in [0.2, 0.25) is 15.9 Å². The van der Waals surface area contributed by atoms with Gasteiger partial charge in [-0.15, -0.1) is 0 Å². The quantitative estimate of drug-likeness (QED) is 0.443. The van der Waals surface area contributed by atoms with E-state index in [0.29, 0.717) is 23.9 Å². The average Bonchev–Trinajstić information content (AvgIpc) is 3.16. The molecule has 34 heavy (non-hydrogen) atoms. The molecule has 1 amide bonds. The number of anilines is 3. The van der Waals surface area contributed by atoms with E-state index in [1.54, 1.807) is 18.2 Å². The lowest BCUT2D eigenvalue weighted by molar-refractivity contribution is -0.137. The smallest absolute Gasteiger partial charge is 0.373 e. The molecule has 1 aliphatic heterocycles. The minimum Gasteiger partial charge on any atom is -0.373 e. The molecule has 0 saturated carbocycles. The van der Waals surface area contributed by atoms with Gasteiger partial charge in [0.1, 0.15) is 11.9 Å². The summed E-state index contributed by atoms with van der Waals surface area (Å²) < 4.78 is 78.8. The van der Waals surface area contributed by atoms with Crippen molar-refractivity contribution in [2.75, 3.05) is 21.6 Å². The molecule has 0 radical (unpaired) electrons. The molecule has 1 heterocycles. The van der Waals surface area contributed by atoms with Gasteiger partial charge < -0.3 is 10.6 Å². The topological polar surface area (TPSA) is 87.3 Å². The van der Waals surface area contributed by atoms with Crippen LogP contribution in [0.25, 0.3) is 11.1 Å². The van der Waals surface area contributed by atoms with E-state index in [1.165, 1.54) is 24.3 Å². The molecule has 0 fully saturated rings. The molecule has 1 atom stereocenters. The molecule has 0 aliphatic carbocycles. The van der Waals surface area contributed by atoms with Gasteiger partial charge in [0.25, 0.3) is 0 Å². The van der Waals surface area contributed by atoms with Crippen molar-refractivity contribution in [2.24, 2.45) is 0 Å². The van der Waals surface area contributed by atoms with Gasteiger partial charge in [-0.2, -0.15) is 13.2 Å². The molecule has 3 N–H and O–H groups in total. The van der Waals surface area contributed by atoms with Crippen LogP contribution in [0.4, 0.5) is 34.6 Å². The minimum absolute atomic E-state index is 0.171. The van der Waals surface area contributed by atoms with E-state index in [9.17, 15) is 30.8 Å². The second kappa shape index (κ2) is 8.64. The molecule has 3 aromatic rings. The van der Waals surface area contributed by atoms with E-state index in [0.717, 1.165) is 24.0 Å². The van der Waals surface area contributed by atoms with Gasteiger partial charge in [-0.3, -0.25) is 9.52 Å². The van der Waals surface area contributed by atoms with E-state index < -0.39 is 39.5 Å². The zero-order valence-electron chi connectivity index (χ0n) is 17.7. The van der Waals surface area contributed by atoms with Gasteiger partial charge >= 0.3 is 6.18 Å². The second-order valence-electron chi connectivity index (χ2n) is 7.90. The van der Waals surface area contributed by atoms with Crippen LogP contribution in [0.1, 0.15) is 11.1 Å². The Morgan fingerprint density at radius 3 is 2.50 bits per heavy atom. The summed E-state index contributed by atoms with van der Waals surface area (Å²) in [5.74, 6) is -1.41. The fourth-order valence-corrected chi connectivity index (χ4v) is 4.33. The Bertz CT molecular complexity index is 1370. The summed E-state index contributed by atoms with van der Waals surface area (Å²) in [6, 6.07) is 12.5. The van der Waals surface area contributed by atoms with Crippen LogP contribution in [0, 0.1) is 5.82 Å². The fraction of sp³-hybridized carbons (Fsp3) is 0.174. The molecule has 11 heteroatoms. The van der Waals surface area contributed by atoms with Gasteiger partial charge in [-0.1, -0.05) is 24.3 Å². The Balaban J connectivity index is 1.52. The third-order valence-electron chi connectivity index (χ3n) is 5.21. The molecule has 3 aromatic carbocycles. The van der Waals surface area contributed by atoms with Crippen LogP contribution in [0.5, 0.6) is 0 Å². The monoisotopic (exact) mass is 493 g/mol. The summed E-state index contributed by atoms with van der Waals surface area (Å²) in [5, 5.41) is 5.71. The van der Waals surface area contributed by atoms with E-state index in [-0.39, 0.29) is 16.8 Å². The van der Waals surface area contributed by atoms with Gasteiger partial charge in [0, 0.05) is 17.8 Å². The first kappa shape index (κ1) is 23.6. The number of alkyl halides is 3. The molecule has 6 nitrogen and oxygen atoms in total. The van der Waals surface area contributed by atoms with Crippen molar-refractivity contribution < 1.29 is 30.8 Å². The number of sulfonamides is 1. The maximum absolute atomic E-state index is 13.4. The maximum Gasteiger partial charge on any atom is 0.417 e. The first-order valence-electron chi connectivity index (χ1n) is 10.0. The predicted octanol–water partition coefficient (Wildman–Crippen LogP) is 4.86. The van der Waals surface area contributed by atoms with Crippen LogP contribution >= 0.6 is 0 Å². The molecule has 1 unspecified atom stereocenters. The van der Waals surface area contributed by atoms with Crippen LogP contribution in [-0.2, 0) is 27.4 Å². The molecular formula is C23H19F4N3O3S. The number of hydrogen-bond acceptors (Lipinski definition) is 4. The van der Waals surface area contributed by atoms with E-state index in [4.69, 9.17) is 0 Å². The van der Waals surface area contributed by atoms with Gasteiger partial charge in [0.15, 0.2) is 0 Å². The van der Waals surface area contributed by atoms with Crippen molar-refractivity contribution >= 4 is 33.0 Å². The highest BCUT2D eigenvalue weighted by Gasteiger charge is 2.34. The maximum atomic E-state index is 13.4. The SMILES string of the molecule is CS(=O)(=O)Nc1ccc2c(c1)NC(C(=O)Nc1cccc(-c3ccc(F)cc3C(F)(F)F)c1)C2. The molecular weight excluding hydrogens is 474 g/mol. The Morgan fingerprint density at radius 2 is 1.79 bits per heavy atom. The number of carbonyl (C=O) groups excluding carboxylic acids is 1. The second-order valence-corrected chi connectivity index (χ2v) is 9.65. The average molecular weight is 493 g/mol. The van der Waals surface area contributed by atoms with E-state index in [2.05, 4.69) is 15.4 Å². The normalized spacial score (nSPS) is 15.4. The Kier molecular flexibility index (Phi) is 5.98. The van der Waals surface area contributed by atoms with Crippen LogP contribution in [0.3, 0.4) is 0 Å². The summed E-state index contributed by atoms with van der Waals surface area (Å²) in [5.41, 5.74) is 0.895. The van der Waals surface area contributed by atoms with Crippen LogP contribution < -0.4 is 15.4 Å². The lowest BCUT2D eigenvalue weighted by atomic mass is 9.98. The third-order valence-corrected chi connectivity index (χ3v) is 5.82. The van der Waals surface area contributed by atoms with Crippen molar-refractivity contribution in [1.82, 2.24) is 0 Å². The molecule has 0 aromatic heterocycles. The zero-order valence-corrected chi connectivity index (χ0v) is 18.5. The highest BCUT2D eigenvalue weighted by molar-refractivity contribution is 7.92. The van der Waals surface area contributed by atoms with Crippen molar-refractivity contribution in [2.45, 2.75) is 18.6 Å². The Hall–Kier alpha value is -3.60. The zero-order chi connectivity index (χ0) is 24.7. The summed E-state index contributed by atoms with van der Waals surface area (Å²) >= 11 is 0. The molecule has 0 saturated heterocycles. The van der Waals surface area contributed by atoms with Gasteiger partial charge in [0.05, 0.1) is 17.5 Å². The number of carbonyl (C=O) groups is 1. The van der Waals surface area contributed by atoms with Gasteiger partial charge in [-0.25, -0.2) is 12.8 Å².